The molecule has 1 fully saturated rings. The van der Waals surface area contributed by atoms with E-state index in [2.05, 4.69) is 16.4 Å². The molecule has 1 aliphatic carbocycles. The van der Waals surface area contributed by atoms with Gasteiger partial charge in [-0.25, -0.2) is 21.8 Å². The zero-order valence-corrected chi connectivity index (χ0v) is 23.1. The Morgan fingerprint density at radius 2 is 1.64 bits per heavy atom. The number of aromatic nitrogens is 2. The Hall–Kier alpha value is -3.78. The summed E-state index contributed by atoms with van der Waals surface area (Å²) >= 11 is 0. The van der Waals surface area contributed by atoms with Crippen LogP contribution in [0.4, 0.5) is 4.39 Å². The molecule has 0 atom stereocenters. The Balaban J connectivity index is 1.70. The third-order valence-electron chi connectivity index (χ3n) is 6.87. The Bertz CT molecular complexity index is 1650. The molecule has 2 heterocycles. The van der Waals surface area contributed by atoms with Gasteiger partial charge in [0.2, 0.25) is 0 Å². The molecule has 8 heteroatoms. The lowest BCUT2D eigenvalue weighted by molar-refractivity contribution is 0.0919. The van der Waals surface area contributed by atoms with Crippen LogP contribution in [-0.4, -0.2) is 28.8 Å². The highest BCUT2D eigenvalue weighted by molar-refractivity contribution is 7.90. The first-order valence-electron chi connectivity index (χ1n) is 13.2. The van der Waals surface area contributed by atoms with E-state index in [4.69, 9.17) is 0 Å². The zero-order chi connectivity index (χ0) is 27.8. The number of benzene rings is 2. The summed E-state index contributed by atoms with van der Waals surface area (Å²) in [6, 6.07) is 18.3. The van der Waals surface area contributed by atoms with E-state index in [0.29, 0.717) is 22.2 Å². The van der Waals surface area contributed by atoms with Crippen molar-refractivity contribution in [2.75, 3.05) is 0 Å². The van der Waals surface area contributed by atoms with Crippen LogP contribution in [0.3, 0.4) is 0 Å². The minimum absolute atomic E-state index is 0.115. The second-order valence-corrected chi connectivity index (χ2v) is 12.9. The van der Waals surface area contributed by atoms with E-state index in [9.17, 15) is 17.6 Å². The monoisotopic (exact) mass is 545 g/mol. The highest BCUT2D eigenvalue weighted by Crippen LogP contribution is 2.36. The van der Waals surface area contributed by atoms with Crippen LogP contribution in [-0.2, 0) is 10.0 Å². The molecule has 2 aromatic carbocycles. The second-order valence-electron chi connectivity index (χ2n) is 11.1. The molecule has 0 bridgehead atoms. The van der Waals surface area contributed by atoms with Crippen molar-refractivity contribution >= 4 is 32.5 Å². The van der Waals surface area contributed by atoms with Crippen LogP contribution in [0.2, 0.25) is 0 Å². The van der Waals surface area contributed by atoms with Crippen LogP contribution in [0.15, 0.2) is 83.9 Å². The topological polar surface area (TPSA) is 81.1 Å². The van der Waals surface area contributed by atoms with Gasteiger partial charge in [-0.3, -0.25) is 4.79 Å². The maximum Gasteiger partial charge on any atom is 0.269 e. The van der Waals surface area contributed by atoms with Gasteiger partial charge in [-0.05, 0) is 81.5 Å². The van der Waals surface area contributed by atoms with E-state index in [-0.39, 0.29) is 27.9 Å². The van der Waals surface area contributed by atoms with Gasteiger partial charge in [-0.2, -0.15) is 0 Å². The van der Waals surface area contributed by atoms with Gasteiger partial charge in [0.15, 0.2) is 5.65 Å². The van der Waals surface area contributed by atoms with E-state index in [1.165, 1.54) is 22.2 Å². The number of nitrogens with one attached hydrogen (secondary N) is 1. The molecule has 39 heavy (non-hydrogen) atoms. The van der Waals surface area contributed by atoms with Gasteiger partial charge in [0, 0.05) is 22.1 Å². The van der Waals surface area contributed by atoms with Crippen molar-refractivity contribution in [1.29, 1.82) is 0 Å². The fraction of sp³-hybridized carbons (Fsp3) is 0.290. The quantitative estimate of drug-likeness (QED) is 0.297. The van der Waals surface area contributed by atoms with Crippen molar-refractivity contribution in [3.63, 3.8) is 0 Å². The predicted octanol–water partition coefficient (Wildman–Crippen LogP) is 6.56. The highest BCUT2D eigenvalue weighted by Gasteiger charge is 2.27. The summed E-state index contributed by atoms with van der Waals surface area (Å²) in [5.74, 6) is -0.450. The minimum atomic E-state index is -4.07. The van der Waals surface area contributed by atoms with Crippen LogP contribution < -0.4 is 5.32 Å². The molecule has 2 aromatic heterocycles. The summed E-state index contributed by atoms with van der Waals surface area (Å²) < 4.78 is 43.5. The second kappa shape index (κ2) is 10.4. The van der Waals surface area contributed by atoms with Crippen LogP contribution in [0, 0.1) is 11.7 Å². The van der Waals surface area contributed by atoms with Crippen molar-refractivity contribution in [3.05, 3.63) is 102 Å². The molecule has 0 unspecified atom stereocenters. The van der Waals surface area contributed by atoms with Crippen LogP contribution in [0.25, 0.3) is 16.6 Å². The molecular formula is C31H32FN3O3S. The normalized spacial score (nSPS) is 15.1. The number of hydrogen-bond acceptors (Lipinski definition) is 4. The SMILES string of the molecule is CC(C)(C)NC(=O)c1ccc(/C(=C\C2CCCC2)c2cc3cc(F)cnc3n2S(=O)(=O)c2ccccc2)cc1. The average Bonchev–Trinajstić information content (AvgIpc) is 3.54. The number of nitrogens with zero attached hydrogens (tertiary/aromatic N) is 2. The Morgan fingerprint density at radius 3 is 2.28 bits per heavy atom. The zero-order valence-electron chi connectivity index (χ0n) is 22.3. The number of carbonyl (C=O) groups is 1. The van der Waals surface area contributed by atoms with Gasteiger partial charge < -0.3 is 5.32 Å². The summed E-state index contributed by atoms with van der Waals surface area (Å²) in [5.41, 5.74) is 2.18. The van der Waals surface area contributed by atoms with E-state index < -0.39 is 15.8 Å². The number of fused-ring (bicyclic) bond motifs is 1. The standard InChI is InChI=1S/C31H32FN3O3S/c1-31(2,3)34-30(36)23-15-13-22(14-16-23)27(17-21-9-7-8-10-21)28-19-24-18-25(32)20-33-29(24)35(28)39(37,38)26-11-5-4-6-12-26/h4-6,11-21H,7-10H2,1-3H3,(H,34,36)/b27-17+. The Kier molecular flexibility index (Phi) is 7.16. The molecule has 5 rings (SSSR count). The van der Waals surface area contributed by atoms with Gasteiger partial charge in [0.05, 0.1) is 16.8 Å². The highest BCUT2D eigenvalue weighted by atomic mass is 32.2. The molecular weight excluding hydrogens is 513 g/mol. The van der Waals surface area contributed by atoms with Gasteiger partial charge >= 0.3 is 0 Å². The van der Waals surface area contributed by atoms with Crippen molar-refractivity contribution in [3.8, 4) is 0 Å². The van der Waals surface area contributed by atoms with Crippen LogP contribution in [0.1, 0.15) is 68.1 Å². The van der Waals surface area contributed by atoms with Gasteiger partial charge in [-0.1, -0.05) is 49.2 Å². The predicted molar refractivity (Wildman–Crippen MR) is 151 cm³/mol. The average molecular weight is 546 g/mol. The smallest absolute Gasteiger partial charge is 0.269 e. The number of pyridine rings is 1. The lowest BCUT2D eigenvalue weighted by Gasteiger charge is -2.20. The van der Waals surface area contributed by atoms with E-state index in [0.717, 1.165) is 37.4 Å². The molecule has 1 aliphatic rings. The van der Waals surface area contributed by atoms with Gasteiger partial charge in [-0.15, -0.1) is 0 Å². The Morgan fingerprint density at radius 1 is 1.00 bits per heavy atom. The number of halogens is 1. The number of allylic oxidation sites excluding steroid dienone is 1. The first-order chi connectivity index (χ1) is 18.5. The molecule has 0 radical (unpaired) electrons. The number of carbonyl (C=O) groups excluding carboxylic acids is 1. The van der Waals surface area contributed by atoms with Crippen molar-refractivity contribution in [2.45, 2.75) is 56.9 Å². The molecule has 1 saturated carbocycles. The van der Waals surface area contributed by atoms with E-state index in [1.807, 2.05) is 32.9 Å². The molecule has 202 valence electrons. The third-order valence-corrected chi connectivity index (χ3v) is 8.59. The van der Waals surface area contributed by atoms with Crippen molar-refractivity contribution < 1.29 is 17.6 Å². The number of amides is 1. The summed E-state index contributed by atoms with van der Waals surface area (Å²) in [7, 11) is -4.07. The lowest BCUT2D eigenvalue weighted by Crippen LogP contribution is -2.40. The number of hydrogen-bond donors (Lipinski definition) is 1. The maximum absolute atomic E-state index is 14.2. The minimum Gasteiger partial charge on any atom is -0.347 e. The van der Waals surface area contributed by atoms with Gasteiger partial charge in [0.25, 0.3) is 15.9 Å². The molecule has 0 saturated heterocycles. The molecule has 1 N–H and O–H groups in total. The first kappa shape index (κ1) is 26.8. The summed E-state index contributed by atoms with van der Waals surface area (Å²) in [4.78, 5) is 17.0. The summed E-state index contributed by atoms with van der Waals surface area (Å²) in [6.07, 6.45) is 7.39. The summed E-state index contributed by atoms with van der Waals surface area (Å²) in [5, 5.41) is 3.36. The van der Waals surface area contributed by atoms with E-state index >= 15 is 0 Å². The first-order valence-corrected chi connectivity index (χ1v) is 14.6. The van der Waals surface area contributed by atoms with Gasteiger partial charge in [0.1, 0.15) is 5.82 Å². The summed E-state index contributed by atoms with van der Waals surface area (Å²) in [6.45, 7) is 5.76. The largest absolute Gasteiger partial charge is 0.347 e. The fourth-order valence-electron chi connectivity index (χ4n) is 5.08. The fourth-order valence-corrected chi connectivity index (χ4v) is 6.58. The van der Waals surface area contributed by atoms with Crippen molar-refractivity contribution in [1.82, 2.24) is 14.3 Å². The van der Waals surface area contributed by atoms with Crippen LogP contribution >= 0.6 is 0 Å². The van der Waals surface area contributed by atoms with E-state index in [1.54, 1.807) is 36.4 Å². The number of rotatable bonds is 6. The molecule has 0 spiro atoms. The molecule has 6 nitrogen and oxygen atoms in total. The molecule has 4 aromatic rings. The third kappa shape index (κ3) is 5.66. The lowest BCUT2D eigenvalue weighted by atomic mass is 9.95. The molecule has 0 aliphatic heterocycles. The maximum atomic E-state index is 14.2. The van der Waals surface area contributed by atoms with Crippen molar-refractivity contribution in [2.24, 2.45) is 5.92 Å². The molecule has 1 amide bonds. The Labute approximate surface area is 228 Å². The van der Waals surface area contributed by atoms with Crippen LogP contribution in [0.5, 0.6) is 0 Å².